The van der Waals surface area contributed by atoms with Gasteiger partial charge in [0.2, 0.25) is 11.8 Å². The smallest absolute Gasteiger partial charge is 0.254 e. The lowest BCUT2D eigenvalue weighted by molar-refractivity contribution is -0.141. The van der Waals surface area contributed by atoms with Crippen LogP contribution in [-0.2, 0) is 16.1 Å². The van der Waals surface area contributed by atoms with Gasteiger partial charge in [-0.15, -0.1) is 0 Å². The molecule has 3 amide bonds. The zero-order chi connectivity index (χ0) is 27.1. The second-order valence-electron chi connectivity index (χ2n) is 9.47. The van der Waals surface area contributed by atoms with E-state index in [-0.39, 0.29) is 17.7 Å². The minimum atomic E-state index is -0.597. The summed E-state index contributed by atoms with van der Waals surface area (Å²) in [5.41, 5.74) is 1.34. The number of amides is 3. The number of hydrogen-bond acceptors (Lipinski definition) is 6. The summed E-state index contributed by atoms with van der Waals surface area (Å²) in [5, 5.41) is 2.97. The molecule has 4 rings (SSSR count). The topological polar surface area (TPSA) is 97.4 Å². The molecule has 2 saturated heterocycles. The van der Waals surface area contributed by atoms with E-state index >= 15 is 0 Å². The molecule has 2 atom stereocenters. The SMILES string of the molecule is CCOc1cc(OCC)cc(C(=O)N2CCC[C@H]2C(=O)N2CCC[C@H]2C(=O)NCc2cccc(OC)c2)c1. The summed E-state index contributed by atoms with van der Waals surface area (Å²) in [6.45, 7) is 6.02. The van der Waals surface area contributed by atoms with Crippen LogP contribution < -0.4 is 19.5 Å². The molecule has 0 aromatic heterocycles. The molecule has 0 unspecified atom stereocenters. The summed E-state index contributed by atoms with van der Waals surface area (Å²) < 4.78 is 16.5. The van der Waals surface area contributed by atoms with Crippen molar-refractivity contribution >= 4 is 17.7 Å². The molecule has 38 heavy (non-hydrogen) atoms. The Hall–Kier alpha value is -3.75. The maximum absolute atomic E-state index is 13.7. The zero-order valence-electron chi connectivity index (χ0n) is 22.4. The van der Waals surface area contributed by atoms with Crippen LogP contribution in [-0.4, -0.2) is 73.0 Å². The first kappa shape index (κ1) is 27.3. The van der Waals surface area contributed by atoms with E-state index in [1.807, 2.05) is 38.1 Å². The van der Waals surface area contributed by atoms with Gasteiger partial charge in [-0.3, -0.25) is 14.4 Å². The summed E-state index contributed by atoms with van der Waals surface area (Å²) in [6, 6.07) is 11.5. The van der Waals surface area contributed by atoms with Crippen LogP contribution in [0.25, 0.3) is 0 Å². The van der Waals surface area contributed by atoms with Crippen LogP contribution in [0, 0.1) is 0 Å². The Morgan fingerprint density at radius 1 is 0.868 bits per heavy atom. The first-order valence-electron chi connectivity index (χ1n) is 13.4. The zero-order valence-corrected chi connectivity index (χ0v) is 22.4. The number of ether oxygens (including phenoxy) is 3. The molecule has 2 heterocycles. The lowest BCUT2D eigenvalue weighted by Gasteiger charge is -2.31. The highest BCUT2D eigenvalue weighted by Crippen LogP contribution is 2.29. The summed E-state index contributed by atoms with van der Waals surface area (Å²) in [5.74, 6) is 1.25. The predicted octanol–water partition coefficient (Wildman–Crippen LogP) is 3.40. The van der Waals surface area contributed by atoms with Crippen LogP contribution in [0.5, 0.6) is 17.2 Å². The number of carbonyl (C=O) groups is 3. The molecule has 0 radical (unpaired) electrons. The Kier molecular flexibility index (Phi) is 9.10. The van der Waals surface area contributed by atoms with Crippen molar-refractivity contribution in [2.75, 3.05) is 33.4 Å². The van der Waals surface area contributed by atoms with E-state index in [1.165, 1.54) is 0 Å². The summed E-state index contributed by atoms with van der Waals surface area (Å²) in [4.78, 5) is 43.6. The Morgan fingerprint density at radius 2 is 1.53 bits per heavy atom. The molecule has 0 aliphatic carbocycles. The van der Waals surface area contributed by atoms with Crippen LogP contribution >= 0.6 is 0 Å². The van der Waals surface area contributed by atoms with Crippen LogP contribution in [0.3, 0.4) is 0 Å². The molecule has 1 N–H and O–H groups in total. The fourth-order valence-electron chi connectivity index (χ4n) is 5.21. The number of nitrogens with one attached hydrogen (secondary N) is 1. The second kappa shape index (κ2) is 12.7. The van der Waals surface area contributed by atoms with Crippen LogP contribution in [0.1, 0.15) is 55.5 Å². The Balaban J connectivity index is 1.45. The van der Waals surface area contributed by atoms with Crippen LogP contribution in [0.15, 0.2) is 42.5 Å². The van der Waals surface area contributed by atoms with Crippen molar-refractivity contribution in [3.05, 3.63) is 53.6 Å². The number of methoxy groups -OCH3 is 1. The monoisotopic (exact) mass is 523 g/mol. The van der Waals surface area contributed by atoms with Crippen molar-refractivity contribution in [2.45, 2.75) is 58.2 Å². The second-order valence-corrected chi connectivity index (χ2v) is 9.47. The maximum Gasteiger partial charge on any atom is 0.254 e. The third kappa shape index (κ3) is 6.20. The van der Waals surface area contributed by atoms with Gasteiger partial charge in [0.05, 0.1) is 20.3 Å². The van der Waals surface area contributed by atoms with Gasteiger partial charge in [0.25, 0.3) is 5.91 Å². The molecule has 0 saturated carbocycles. The van der Waals surface area contributed by atoms with Crippen molar-refractivity contribution in [1.82, 2.24) is 15.1 Å². The number of carbonyl (C=O) groups excluding carboxylic acids is 3. The predicted molar refractivity (Wildman–Crippen MR) is 142 cm³/mol. The largest absolute Gasteiger partial charge is 0.497 e. The molecule has 2 fully saturated rings. The number of nitrogens with zero attached hydrogens (tertiary/aromatic N) is 2. The lowest BCUT2D eigenvalue weighted by atomic mass is 10.1. The minimum absolute atomic E-state index is 0.166. The molecule has 0 spiro atoms. The highest BCUT2D eigenvalue weighted by molar-refractivity contribution is 5.99. The molecular weight excluding hydrogens is 486 g/mol. The molecule has 9 heteroatoms. The van der Waals surface area contributed by atoms with E-state index in [9.17, 15) is 14.4 Å². The van der Waals surface area contributed by atoms with E-state index in [0.717, 1.165) is 24.2 Å². The fraction of sp³-hybridized carbons (Fsp3) is 0.483. The Bertz CT molecular complexity index is 1130. The van der Waals surface area contributed by atoms with Crippen LogP contribution in [0.4, 0.5) is 0 Å². The maximum atomic E-state index is 13.7. The van der Waals surface area contributed by atoms with E-state index in [1.54, 1.807) is 35.1 Å². The van der Waals surface area contributed by atoms with Crippen molar-refractivity contribution in [3.63, 3.8) is 0 Å². The van der Waals surface area contributed by atoms with Crippen molar-refractivity contribution in [3.8, 4) is 17.2 Å². The minimum Gasteiger partial charge on any atom is -0.497 e. The number of rotatable bonds is 10. The van der Waals surface area contributed by atoms with Gasteiger partial charge in [0.15, 0.2) is 0 Å². The van der Waals surface area contributed by atoms with Gasteiger partial charge in [-0.25, -0.2) is 0 Å². The standard InChI is InChI=1S/C29H37N3O6/c1-4-37-23-16-21(17-24(18-23)38-5-2)28(34)32-14-8-12-26(32)29(35)31-13-7-11-25(31)27(33)30-19-20-9-6-10-22(15-20)36-3/h6,9-10,15-18,25-26H,4-5,7-8,11-14,19H2,1-3H3,(H,30,33)/t25-,26-/m0/s1. The van der Waals surface area contributed by atoms with Gasteiger partial charge in [-0.2, -0.15) is 0 Å². The quantitative estimate of drug-likeness (QED) is 0.513. The first-order valence-corrected chi connectivity index (χ1v) is 13.4. The average molecular weight is 524 g/mol. The van der Waals surface area contributed by atoms with E-state index in [4.69, 9.17) is 14.2 Å². The molecule has 2 aromatic rings. The summed E-state index contributed by atoms with van der Waals surface area (Å²) in [7, 11) is 1.60. The Labute approximate surface area is 224 Å². The van der Waals surface area contributed by atoms with Crippen molar-refractivity contribution < 1.29 is 28.6 Å². The number of likely N-dealkylation sites (tertiary alicyclic amines) is 2. The normalized spacial score (nSPS) is 18.8. The van der Waals surface area contributed by atoms with Gasteiger partial charge in [0.1, 0.15) is 29.3 Å². The van der Waals surface area contributed by atoms with Gasteiger partial charge in [-0.1, -0.05) is 12.1 Å². The average Bonchev–Trinajstić information content (AvgIpc) is 3.62. The summed E-state index contributed by atoms with van der Waals surface area (Å²) >= 11 is 0. The fourth-order valence-corrected chi connectivity index (χ4v) is 5.21. The first-order chi connectivity index (χ1) is 18.4. The van der Waals surface area contributed by atoms with E-state index < -0.39 is 12.1 Å². The summed E-state index contributed by atoms with van der Waals surface area (Å²) in [6.07, 6.45) is 2.65. The van der Waals surface area contributed by atoms with Gasteiger partial charge in [-0.05, 0) is 69.4 Å². The van der Waals surface area contributed by atoms with Gasteiger partial charge in [0, 0.05) is 31.3 Å². The Morgan fingerprint density at radius 3 is 2.18 bits per heavy atom. The molecule has 2 aromatic carbocycles. The van der Waals surface area contributed by atoms with Crippen molar-refractivity contribution in [2.24, 2.45) is 0 Å². The molecular formula is C29H37N3O6. The van der Waals surface area contributed by atoms with Gasteiger partial charge < -0.3 is 29.3 Å². The number of hydrogen-bond donors (Lipinski definition) is 1. The van der Waals surface area contributed by atoms with E-state index in [0.29, 0.717) is 62.8 Å². The highest BCUT2D eigenvalue weighted by Gasteiger charge is 2.42. The molecule has 0 bridgehead atoms. The molecule has 9 nitrogen and oxygen atoms in total. The van der Waals surface area contributed by atoms with Gasteiger partial charge >= 0.3 is 0 Å². The third-order valence-electron chi connectivity index (χ3n) is 6.99. The molecule has 2 aliphatic heterocycles. The lowest BCUT2D eigenvalue weighted by Crippen LogP contribution is -2.52. The molecule has 204 valence electrons. The van der Waals surface area contributed by atoms with Crippen LogP contribution in [0.2, 0.25) is 0 Å². The molecule has 2 aliphatic rings. The number of benzene rings is 2. The van der Waals surface area contributed by atoms with E-state index in [2.05, 4.69) is 5.32 Å². The van der Waals surface area contributed by atoms with Crippen molar-refractivity contribution in [1.29, 1.82) is 0 Å². The third-order valence-corrected chi connectivity index (χ3v) is 6.99. The highest BCUT2D eigenvalue weighted by atomic mass is 16.5.